The number of likely N-dealkylation sites (tertiary alicyclic amines) is 1. The number of hydrogen-bond acceptors (Lipinski definition) is 2. The predicted octanol–water partition coefficient (Wildman–Crippen LogP) is 2.85. The molecule has 20 heavy (non-hydrogen) atoms. The average molecular weight is 395 g/mol. The molecule has 3 unspecified atom stereocenters. The third kappa shape index (κ3) is 3.08. The first-order valence-electron chi connectivity index (χ1n) is 7.43. The summed E-state index contributed by atoms with van der Waals surface area (Å²) in [7, 11) is 1.79. The van der Waals surface area contributed by atoms with Crippen molar-refractivity contribution in [2.75, 3.05) is 20.2 Å². The van der Waals surface area contributed by atoms with E-state index < -0.39 is 0 Å². The topological polar surface area (TPSA) is 50.9 Å². The molecule has 2 rings (SSSR count). The summed E-state index contributed by atoms with van der Waals surface area (Å²) in [5.41, 5.74) is 6.18. The van der Waals surface area contributed by atoms with Crippen LogP contribution in [0.2, 0.25) is 0 Å². The van der Waals surface area contributed by atoms with Crippen molar-refractivity contribution in [2.45, 2.75) is 58.6 Å². The molecule has 1 saturated heterocycles. The number of methoxy groups -OCH3 is 1. The van der Waals surface area contributed by atoms with Crippen molar-refractivity contribution in [1.29, 1.82) is 0 Å². The smallest absolute Gasteiger partial charge is 0.191 e. The Morgan fingerprint density at radius 2 is 2.00 bits per heavy atom. The SMILES string of the molecule is COC1(C)CC(N=C(N)N2CCCC(C)C2)C1(C)C.I. The highest BCUT2D eigenvalue weighted by atomic mass is 127. The molecule has 0 spiro atoms. The van der Waals surface area contributed by atoms with Gasteiger partial charge in [-0.3, -0.25) is 0 Å². The predicted molar refractivity (Wildman–Crippen MR) is 94.6 cm³/mol. The molecule has 1 saturated carbocycles. The Balaban J connectivity index is 0.00000200. The molecule has 1 heterocycles. The molecule has 1 aliphatic heterocycles. The van der Waals surface area contributed by atoms with Crippen LogP contribution >= 0.6 is 24.0 Å². The Kier molecular flexibility index (Phi) is 5.75. The molecule has 0 radical (unpaired) electrons. The van der Waals surface area contributed by atoms with E-state index in [1.54, 1.807) is 7.11 Å². The van der Waals surface area contributed by atoms with Crippen LogP contribution in [-0.4, -0.2) is 42.7 Å². The lowest BCUT2D eigenvalue weighted by Gasteiger charge is -2.57. The van der Waals surface area contributed by atoms with Crippen LogP contribution in [0.15, 0.2) is 4.99 Å². The Morgan fingerprint density at radius 3 is 2.50 bits per heavy atom. The molecular weight excluding hydrogens is 365 g/mol. The maximum Gasteiger partial charge on any atom is 0.191 e. The van der Waals surface area contributed by atoms with Gasteiger partial charge in [0.15, 0.2) is 5.96 Å². The van der Waals surface area contributed by atoms with Crippen molar-refractivity contribution in [3.8, 4) is 0 Å². The van der Waals surface area contributed by atoms with Crippen molar-refractivity contribution in [2.24, 2.45) is 22.1 Å². The van der Waals surface area contributed by atoms with Gasteiger partial charge in [-0.1, -0.05) is 20.8 Å². The van der Waals surface area contributed by atoms with Gasteiger partial charge < -0.3 is 15.4 Å². The van der Waals surface area contributed by atoms with E-state index in [9.17, 15) is 0 Å². The van der Waals surface area contributed by atoms with Gasteiger partial charge in [-0.05, 0) is 32.1 Å². The van der Waals surface area contributed by atoms with Crippen LogP contribution in [0.5, 0.6) is 0 Å². The highest BCUT2D eigenvalue weighted by Gasteiger charge is 2.58. The van der Waals surface area contributed by atoms with Crippen molar-refractivity contribution < 1.29 is 4.74 Å². The second-order valence-electron chi connectivity index (χ2n) is 7.06. The van der Waals surface area contributed by atoms with Gasteiger partial charge in [-0.25, -0.2) is 4.99 Å². The zero-order valence-corrected chi connectivity index (χ0v) is 15.8. The standard InChI is InChI=1S/C15H29N3O.HI/c1-11-7-6-8-18(10-11)13(16)17-12-9-15(4,19-5)14(12,2)3;/h11-12H,6-10H2,1-5H3,(H2,16,17);1H. The zero-order valence-electron chi connectivity index (χ0n) is 13.5. The third-order valence-corrected chi connectivity index (χ3v) is 5.50. The summed E-state index contributed by atoms with van der Waals surface area (Å²) in [6, 6.07) is 0.273. The lowest BCUT2D eigenvalue weighted by atomic mass is 9.56. The van der Waals surface area contributed by atoms with Crippen LogP contribution in [0.4, 0.5) is 0 Å². The number of piperidine rings is 1. The summed E-state index contributed by atoms with van der Waals surface area (Å²) >= 11 is 0. The molecule has 0 bridgehead atoms. The summed E-state index contributed by atoms with van der Waals surface area (Å²) in [6.07, 6.45) is 3.49. The molecular formula is C15H30IN3O. The third-order valence-electron chi connectivity index (χ3n) is 5.50. The van der Waals surface area contributed by atoms with Gasteiger partial charge in [0.2, 0.25) is 0 Å². The van der Waals surface area contributed by atoms with Gasteiger partial charge in [-0.2, -0.15) is 0 Å². The van der Waals surface area contributed by atoms with Gasteiger partial charge in [0, 0.05) is 25.6 Å². The minimum Gasteiger partial charge on any atom is -0.378 e. The van der Waals surface area contributed by atoms with Crippen LogP contribution in [0.3, 0.4) is 0 Å². The molecule has 0 aromatic heterocycles. The Morgan fingerprint density at radius 1 is 1.35 bits per heavy atom. The number of guanidine groups is 1. The van der Waals surface area contributed by atoms with E-state index >= 15 is 0 Å². The average Bonchev–Trinajstić information content (AvgIpc) is 2.37. The Labute approximate surface area is 140 Å². The van der Waals surface area contributed by atoms with E-state index in [0.717, 1.165) is 31.4 Å². The highest BCUT2D eigenvalue weighted by Crippen LogP contribution is 2.53. The number of nitrogens with zero attached hydrogens (tertiary/aromatic N) is 2. The number of aliphatic imine (C=N–C) groups is 1. The summed E-state index contributed by atoms with van der Waals surface area (Å²) in [4.78, 5) is 7.02. The minimum atomic E-state index is -0.0728. The molecule has 1 aliphatic carbocycles. The Bertz CT molecular complexity index is 372. The molecule has 4 nitrogen and oxygen atoms in total. The Hall–Kier alpha value is -0.0400. The number of hydrogen-bond donors (Lipinski definition) is 1. The number of rotatable bonds is 2. The van der Waals surface area contributed by atoms with E-state index in [4.69, 9.17) is 15.5 Å². The zero-order chi connectivity index (χ0) is 14.3. The molecule has 2 fully saturated rings. The van der Waals surface area contributed by atoms with Crippen molar-refractivity contribution in [3.05, 3.63) is 0 Å². The van der Waals surface area contributed by atoms with E-state index in [1.165, 1.54) is 12.8 Å². The lowest BCUT2D eigenvalue weighted by Crippen LogP contribution is -2.63. The number of nitrogens with two attached hydrogens (primary N) is 1. The maximum absolute atomic E-state index is 6.21. The van der Waals surface area contributed by atoms with E-state index in [1.807, 2.05) is 0 Å². The molecule has 2 N–H and O–H groups in total. The monoisotopic (exact) mass is 395 g/mol. The van der Waals surface area contributed by atoms with Gasteiger partial charge in [0.25, 0.3) is 0 Å². The van der Waals surface area contributed by atoms with Crippen LogP contribution in [0.25, 0.3) is 0 Å². The van der Waals surface area contributed by atoms with Crippen molar-refractivity contribution in [3.63, 3.8) is 0 Å². The molecule has 3 atom stereocenters. The van der Waals surface area contributed by atoms with Gasteiger partial charge in [0.05, 0.1) is 11.6 Å². The fourth-order valence-corrected chi connectivity index (χ4v) is 3.30. The van der Waals surface area contributed by atoms with Crippen molar-refractivity contribution >= 4 is 29.9 Å². The quantitative estimate of drug-likeness (QED) is 0.445. The van der Waals surface area contributed by atoms with Gasteiger partial charge in [-0.15, -0.1) is 24.0 Å². The molecule has 0 aromatic rings. The van der Waals surface area contributed by atoms with Crippen molar-refractivity contribution in [1.82, 2.24) is 4.90 Å². The summed E-state index contributed by atoms with van der Waals surface area (Å²) < 4.78 is 5.64. The molecule has 5 heteroatoms. The molecule has 0 amide bonds. The first-order valence-corrected chi connectivity index (χ1v) is 7.43. The maximum atomic E-state index is 6.21. The lowest BCUT2D eigenvalue weighted by molar-refractivity contribution is -0.171. The number of ether oxygens (including phenoxy) is 1. The van der Waals surface area contributed by atoms with Crippen LogP contribution in [0, 0.1) is 11.3 Å². The molecule has 2 aliphatic rings. The fraction of sp³-hybridized carbons (Fsp3) is 0.933. The highest BCUT2D eigenvalue weighted by molar-refractivity contribution is 14.0. The fourth-order valence-electron chi connectivity index (χ4n) is 3.30. The van der Waals surface area contributed by atoms with E-state index in [0.29, 0.717) is 0 Å². The first-order chi connectivity index (χ1) is 8.80. The largest absolute Gasteiger partial charge is 0.378 e. The van der Waals surface area contributed by atoms with E-state index in [-0.39, 0.29) is 41.0 Å². The van der Waals surface area contributed by atoms with Crippen LogP contribution in [-0.2, 0) is 4.74 Å². The summed E-state index contributed by atoms with van der Waals surface area (Å²) in [5.74, 6) is 1.45. The van der Waals surface area contributed by atoms with E-state index in [2.05, 4.69) is 32.6 Å². The van der Waals surface area contributed by atoms with Gasteiger partial charge in [0.1, 0.15) is 0 Å². The molecule has 118 valence electrons. The first kappa shape index (κ1) is 18.0. The normalized spacial score (nSPS) is 37.0. The van der Waals surface area contributed by atoms with Crippen LogP contribution < -0.4 is 5.73 Å². The van der Waals surface area contributed by atoms with Gasteiger partial charge >= 0.3 is 0 Å². The summed E-state index contributed by atoms with van der Waals surface area (Å²) in [6.45, 7) is 11.0. The number of halogens is 1. The molecule has 0 aromatic carbocycles. The summed E-state index contributed by atoms with van der Waals surface area (Å²) in [5, 5.41) is 0. The second-order valence-corrected chi connectivity index (χ2v) is 7.06. The second kappa shape index (κ2) is 6.38. The van der Waals surface area contributed by atoms with Crippen LogP contribution in [0.1, 0.15) is 47.0 Å². The minimum absolute atomic E-state index is 0.